The lowest BCUT2D eigenvalue weighted by Crippen LogP contribution is -2.31. The molecular weight excluding hydrogens is 352 g/mol. The molecule has 0 atom stereocenters. The van der Waals surface area contributed by atoms with Gasteiger partial charge < -0.3 is 15.0 Å². The van der Waals surface area contributed by atoms with E-state index in [9.17, 15) is 4.79 Å². The fraction of sp³-hybridized carbons (Fsp3) is 0.227. The topological polar surface area (TPSA) is 67.4 Å². The number of hydrogen-bond donors (Lipinski definition) is 1. The van der Waals surface area contributed by atoms with Crippen LogP contribution >= 0.6 is 0 Å². The van der Waals surface area contributed by atoms with Crippen molar-refractivity contribution in [3.8, 4) is 5.75 Å². The third-order valence-corrected chi connectivity index (χ3v) is 4.35. The fourth-order valence-electron chi connectivity index (χ4n) is 2.88. The summed E-state index contributed by atoms with van der Waals surface area (Å²) in [6.07, 6.45) is 3.94. The predicted molar refractivity (Wildman–Crippen MR) is 111 cm³/mol. The average Bonchev–Trinajstić information content (AvgIpc) is 2.75. The number of hydrogen-bond acceptors (Lipinski definition) is 5. The number of ether oxygens (including phenoxy) is 1. The smallest absolute Gasteiger partial charge is 0.278 e. The quantitative estimate of drug-likeness (QED) is 0.648. The Morgan fingerprint density at radius 3 is 2.57 bits per heavy atom. The molecule has 0 aliphatic rings. The third kappa shape index (κ3) is 4.85. The van der Waals surface area contributed by atoms with Gasteiger partial charge >= 0.3 is 0 Å². The zero-order chi connectivity index (χ0) is 19.8. The second-order valence-corrected chi connectivity index (χ2v) is 6.20. The van der Waals surface area contributed by atoms with Gasteiger partial charge in [0.2, 0.25) is 0 Å². The molecule has 0 bridgehead atoms. The molecule has 0 spiro atoms. The maximum Gasteiger partial charge on any atom is 0.278 e. The minimum atomic E-state index is -0.163. The summed E-state index contributed by atoms with van der Waals surface area (Å²) in [6, 6.07) is 17.5. The van der Waals surface area contributed by atoms with Gasteiger partial charge in [-0.05, 0) is 43.2 Å². The van der Waals surface area contributed by atoms with Crippen LogP contribution in [-0.2, 0) is 6.42 Å². The molecule has 0 unspecified atom stereocenters. The molecule has 2 aromatic carbocycles. The number of para-hydroxylation sites is 1. The number of carbonyl (C=O) groups excluding carboxylic acids is 1. The number of anilines is 2. The summed E-state index contributed by atoms with van der Waals surface area (Å²) < 4.78 is 5.24. The Morgan fingerprint density at radius 2 is 1.89 bits per heavy atom. The number of rotatable bonds is 8. The highest BCUT2D eigenvalue weighted by atomic mass is 16.5. The zero-order valence-electron chi connectivity index (χ0n) is 16.1. The molecular formula is C22H24N4O2. The SMILES string of the molecule is CCN(C(=O)c1cnc(NCCc2cccc(OC)c2)cn1)c1ccccc1. The summed E-state index contributed by atoms with van der Waals surface area (Å²) in [5.41, 5.74) is 2.34. The van der Waals surface area contributed by atoms with Crippen LogP contribution in [-0.4, -0.2) is 36.1 Å². The van der Waals surface area contributed by atoms with Crippen LogP contribution in [0.15, 0.2) is 67.0 Å². The lowest BCUT2D eigenvalue weighted by atomic mass is 10.1. The van der Waals surface area contributed by atoms with Crippen molar-refractivity contribution in [2.45, 2.75) is 13.3 Å². The standard InChI is InChI=1S/C22H24N4O2/c1-3-26(18-9-5-4-6-10-18)22(27)20-15-25-21(16-24-20)23-13-12-17-8-7-11-19(14-17)28-2/h4-11,14-16H,3,12-13H2,1-2H3,(H,23,25). The van der Waals surface area contributed by atoms with E-state index in [0.717, 1.165) is 17.9 Å². The molecule has 0 saturated carbocycles. The van der Waals surface area contributed by atoms with Crippen molar-refractivity contribution in [3.63, 3.8) is 0 Å². The summed E-state index contributed by atoms with van der Waals surface area (Å²) >= 11 is 0. The minimum absolute atomic E-state index is 0.163. The van der Waals surface area contributed by atoms with Gasteiger partial charge in [-0.25, -0.2) is 9.97 Å². The summed E-state index contributed by atoms with van der Waals surface area (Å²) in [5.74, 6) is 1.32. The van der Waals surface area contributed by atoms with Crippen LogP contribution in [0.25, 0.3) is 0 Å². The Hall–Kier alpha value is -3.41. The summed E-state index contributed by atoms with van der Waals surface area (Å²) in [7, 11) is 1.66. The zero-order valence-corrected chi connectivity index (χ0v) is 16.1. The number of nitrogens with one attached hydrogen (secondary N) is 1. The van der Waals surface area contributed by atoms with Crippen molar-refractivity contribution in [3.05, 3.63) is 78.2 Å². The van der Waals surface area contributed by atoms with Crippen molar-refractivity contribution < 1.29 is 9.53 Å². The van der Waals surface area contributed by atoms with Crippen LogP contribution in [0.5, 0.6) is 5.75 Å². The fourth-order valence-corrected chi connectivity index (χ4v) is 2.88. The van der Waals surface area contributed by atoms with Gasteiger partial charge in [0.1, 0.15) is 17.3 Å². The first-order valence-corrected chi connectivity index (χ1v) is 9.27. The van der Waals surface area contributed by atoms with Crippen LogP contribution in [0, 0.1) is 0 Å². The number of methoxy groups -OCH3 is 1. The molecule has 0 saturated heterocycles. The van der Waals surface area contributed by atoms with Crippen LogP contribution in [0.4, 0.5) is 11.5 Å². The molecule has 1 heterocycles. The molecule has 3 aromatic rings. The van der Waals surface area contributed by atoms with Gasteiger partial charge in [0.05, 0.1) is 19.5 Å². The van der Waals surface area contributed by atoms with E-state index in [1.165, 1.54) is 11.8 Å². The minimum Gasteiger partial charge on any atom is -0.497 e. The molecule has 0 aliphatic carbocycles. The van der Waals surface area contributed by atoms with Gasteiger partial charge in [-0.3, -0.25) is 4.79 Å². The number of aromatic nitrogens is 2. The van der Waals surface area contributed by atoms with E-state index in [1.54, 1.807) is 18.2 Å². The van der Waals surface area contributed by atoms with Gasteiger partial charge in [0.15, 0.2) is 0 Å². The summed E-state index contributed by atoms with van der Waals surface area (Å²) in [4.78, 5) is 23.0. The second kappa shape index (κ2) is 9.50. The van der Waals surface area contributed by atoms with Crippen LogP contribution in [0.3, 0.4) is 0 Å². The average molecular weight is 376 g/mol. The Morgan fingerprint density at radius 1 is 1.07 bits per heavy atom. The highest BCUT2D eigenvalue weighted by Crippen LogP contribution is 2.16. The van der Waals surface area contributed by atoms with E-state index < -0.39 is 0 Å². The van der Waals surface area contributed by atoms with Gasteiger partial charge in [0, 0.05) is 18.8 Å². The molecule has 6 heteroatoms. The number of amides is 1. The molecule has 6 nitrogen and oxygen atoms in total. The first-order chi connectivity index (χ1) is 13.7. The Kier molecular flexibility index (Phi) is 6.57. The van der Waals surface area contributed by atoms with Crippen LogP contribution in [0.1, 0.15) is 23.0 Å². The molecule has 1 amide bonds. The first-order valence-electron chi connectivity index (χ1n) is 9.27. The Bertz CT molecular complexity index is 898. The highest BCUT2D eigenvalue weighted by molar-refractivity contribution is 6.04. The van der Waals surface area contributed by atoms with E-state index in [0.29, 0.717) is 24.6 Å². The molecule has 28 heavy (non-hydrogen) atoms. The van der Waals surface area contributed by atoms with E-state index in [4.69, 9.17) is 4.74 Å². The van der Waals surface area contributed by atoms with Crippen molar-refractivity contribution in [1.29, 1.82) is 0 Å². The largest absolute Gasteiger partial charge is 0.497 e. The van der Waals surface area contributed by atoms with E-state index >= 15 is 0 Å². The van der Waals surface area contributed by atoms with Gasteiger partial charge in [0.25, 0.3) is 5.91 Å². The molecule has 1 N–H and O–H groups in total. The predicted octanol–water partition coefficient (Wildman–Crippen LogP) is 3.81. The van der Waals surface area contributed by atoms with E-state index in [-0.39, 0.29) is 5.91 Å². The molecule has 0 aliphatic heterocycles. The lowest BCUT2D eigenvalue weighted by Gasteiger charge is -2.20. The van der Waals surface area contributed by atoms with E-state index in [1.807, 2.05) is 55.5 Å². The summed E-state index contributed by atoms with van der Waals surface area (Å²) in [5, 5.41) is 3.23. The molecule has 0 radical (unpaired) electrons. The van der Waals surface area contributed by atoms with E-state index in [2.05, 4.69) is 21.4 Å². The second-order valence-electron chi connectivity index (χ2n) is 6.20. The monoisotopic (exact) mass is 376 g/mol. The van der Waals surface area contributed by atoms with Gasteiger partial charge in [-0.15, -0.1) is 0 Å². The molecule has 1 aromatic heterocycles. The third-order valence-electron chi connectivity index (χ3n) is 4.35. The Balaban J connectivity index is 1.59. The molecule has 0 fully saturated rings. The number of carbonyl (C=O) groups is 1. The molecule has 144 valence electrons. The lowest BCUT2D eigenvalue weighted by molar-refractivity contribution is 0.0983. The first kappa shape index (κ1) is 19.4. The maximum absolute atomic E-state index is 12.7. The highest BCUT2D eigenvalue weighted by Gasteiger charge is 2.17. The number of benzene rings is 2. The number of nitrogens with zero attached hydrogens (tertiary/aromatic N) is 3. The Labute approximate surface area is 165 Å². The van der Waals surface area contributed by atoms with Crippen molar-refractivity contribution in [2.24, 2.45) is 0 Å². The van der Waals surface area contributed by atoms with Gasteiger partial charge in [-0.1, -0.05) is 30.3 Å². The van der Waals surface area contributed by atoms with Crippen LogP contribution < -0.4 is 15.0 Å². The van der Waals surface area contributed by atoms with Crippen molar-refractivity contribution >= 4 is 17.4 Å². The van der Waals surface area contributed by atoms with Gasteiger partial charge in [-0.2, -0.15) is 0 Å². The summed E-state index contributed by atoms with van der Waals surface area (Å²) in [6.45, 7) is 3.21. The van der Waals surface area contributed by atoms with Crippen molar-refractivity contribution in [1.82, 2.24) is 9.97 Å². The van der Waals surface area contributed by atoms with Crippen molar-refractivity contribution in [2.75, 3.05) is 30.4 Å². The maximum atomic E-state index is 12.7. The normalized spacial score (nSPS) is 10.4. The van der Waals surface area contributed by atoms with Crippen LogP contribution in [0.2, 0.25) is 0 Å². The molecule has 3 rings (SSSR count).